The highest BCUT2D eigenvalue weighted by molar-refractivity contribution is 5.61. The van der Waals surface area contributed by atoms with Crippen molar-refractivity contribution in [1.29, 1.82) is 0 Å². The van der Waals surface area contributed by atoms with Crippen LogP contribution < -0.4 is 19.9 Å². The van der Waals surface area contributed by atoms with Crippen molar-refractivity contribution in [3.8, 4) is 5.75 Å². The molecule has 2 saturated heterocycles. The van der Waals surface area contributed by atoms with Crippen molar-refractivity contribution in [3.05, 3.63) is 89.5 Å². The molecule has 0 radical (unpaired) electrons. The molecule has 0 amide bonds. The number of nitrogens with one attached hydrogen (secondary N) is 1. The Morgan fingerprint density at radius 1 is 0.905 bits per heavy atom. The molecule has 1 N–H and O–H groups in total. The number of hydrogen-bond donors (Lipinski definition) is 1. The van der Waals surface area contributed by atoms with Crippen molar-refractivity contribution >= 4 is 11.4 Å². The summed E-state index contributed by atoms with van der Waals surface area (Å²) in [6.07, 6.45) is 3.56. The van der Waals surface area contributed by atoms with Crippen LogP contribution in [0.5, 0.6) is 5.75 Å². The minimum absolute atomic E-state index is 0.133. The van der Waals surface area contributed by atoms with Gasteiger partial charge in [0.2, 0.25) is 0 Å². The third-order valence-corrected chi connectivity index (χ3v) is 8.81. The smallest absolute Gasteiger partial charge is 0.142 e. The molecule has 3 aromatic carbocycles. The SMILES string of the molecule is COCCCN1CCOc2ccc(COC3CNCC[C@@H]3c3ccc(CO[C@H]4CCN(c5ccccc5)C4)cc3)cc21. The van der Waals surface area contributed by atoms with Crippen LogP contribution in [0, 0.1) is 0 Å². The molecule has 1 unspecified atom stereocenters. The van der Waals surface area contributed by atoms with Gasteiger partial charge in [-0.3, -0.25) is 0 Å². The molecule has 0 spiro atoms. The first-order chi connectivity index (χ1) is 20.8. The van der Waals surface area contributed by atoms with Crippen LogP contribution in [-0.2, 0) is 27.4 Å². The summed E-state index contributed by atoms with van der Waals surface area (Å²) in [6, 6.07) is 26.1. The van der Waals surface area contributed by atoms with Crippen LogP contribution in [0.15, 0.2) is 72.8 Å². The number of rotatable bonds is 12. The second-order valence-electron chi connectivity index (χ2n) is 11.7. The van der Waals surface area contributed by atoms with E-state index < -0.39 is 0 Å². The number of anilines is 2. The second kappa shape index (κ2) is 14.4. The van der Waals surface area contributed by atoms with Crippen molar-refractivity contribution in [2.75, 3.05) is 69.4 Å². The standard InChI is InChI=1S/C35H45N3O4/c1-39-20-5-17-37-19-21-40-34-13-10-28(22-33(34)37)26-42-35-23-36-16-14-32(35)29-11-8-27(9-12-29)25-41-31-15-18-38(24-31)30-6-3-2-4-7-30/h2-4,6-13,22,31-32,35-36H,5,14-21,23-26H2,1H3/t31-,32+,35?/m0/s1. The third kappa shape index (κ3) is 7.27. The van der Waals surface area contributed by atoms with Gasteiger partial charge in [0.05, 0.1) is 37.7 Å². The maximum absolute atomic E-state index is 6.58. The molecule has 3 heterocycles. The van der Waals surface area contributed by atoms with E-state index in [4.69, 9.17) is 18.9 Å². The van der Waals surface area contributed by atoms with E-state index in [0.717, 1.165) is 77.5 Å². The van der Waals surface area contributed by atoms with Crippen LogP contribution in [0.4, 0.5) is 11.4 Å². The molecular weight excluding hydrogens is 526 g/mol. The summed E-state index contributed by atoms with van der Waals surface area (Å²) in [5.41, 5.74) is 6.22. The summed E-state index contributed by atoms with van der Waals surface area (Å²) >= 11 is 0. The lowest BCUT2D eigenvalue weighted by atomic mass is 9.87. The predicted octanol–water partition coefficient (Wildman–Crippen LogP) is 5.38. The van der Waals surface area contributed by atoms with Gasteiger partial charge >= 0.3 is 0 Å². The highest BCUT2D eigenvalue weighted by atomic mass is 16.5. The predicted molar refractivity (Wildman–Crippen MR) is 168 cm³/mol. The number of piperidine rings is 1. The minimum atomic E-state index is 0.133. The Kier molecular flexibility index (Phi) is 9.93. The van der Waals surface area contributed by atoms with Crippen molar-refractivity contribution in [3.63, 3.8) is 0 Å². The normalized spacial score (nSPS) is 22.2. The van der Waals surface area contributed by atoms with Gasteiger partial charge in [0.25, 0.3) is 0 Å². The molecular formula is C35H45N3O4. The van der Waals surface area contributed by atoms with Gasteiger partial charge in [-0.25, -0.2) is 0 Å². The van der Waals surface area contributed by atoms with Crippen molar-refractivity contribution in [1.82, 2.24) is 5.32 Å². The van der Waals surface area contributed by atoms with Gasteiger partial charge in [0.1, 0.15) is 12.4 Å². The van der Waals surface area contributed by atoms with E-state index in [2.05, 4.69) is 87.9 Å². The second-order valence-corrected chi connectivity index (χ2v) is 11.7. The highest BCUT2D eigenvalue weighted by Crippen LogP contribution is 2.34. The molecule has 42 heavy (non-hydrogen) atoms. The summed E-state index contributed by atoms with van der Waals surface area (Å²) in [4.78, 5) is 4.83. The molecule has 0 aromatic heterocycles. The van der Waals surface area contributed by atoms with E-state index in [1.54, 1.807) is 7.11 Å². The number of para-hydroxylation sites is 1. The Balaban J connectivity index is 1.02. The highest BCUT2D eigenvalue weighted by Gasteiger charge is 2.28. The monoisotopic (exact) mass is 571 g/mol. The van der Waals surface area contributed by atoms with Crippen LogP contribution in [0.3, 0.4) is 0 Å². The summed E-state index contributed by atoms with van der Waals surface area (Å²) < 4.78 is 24.1. The zero-order valence-electron chi connectivity index (χ0n) is 24.9. The number of ether oxygens (including phenoxy) is 4. The number of hydrogen-bond acceptors (Lipinski definition) is 7. The van der Waals surface area contributed by atoms with E-state index in [1.807, 2.05) is 0 Å². The van der Waals surface area contributed by atoms with Crippen LogP contribution in [-0.4, -0.2) is 71.8 Å². The molecule has 3 aliphatic rings. The van der Waals surface area contributed by atoms with Gasteiger partial charge in [-0.2, -0.15) is 0 Å². The minimum Gasteiger partial charge on any atom is -0.490 e. The molecule has 0 saturated carbocycles. The lowest BCUT2D eigenvalue weighted by Gasteiger charge is -2.33. The molecule has 3 aromatic rings. The van der Waals surface area contributed by atoms with Gasteiger partial charge in [-0.05, 0) is 66.8 Å². The maximum atomic E-state index is 6.58. The van der Waals surface area contributed by atoms with E-state index >= 15 is 0 Å². The molecule has 2 fully saturated rings. The average molecular weight is 572 g/mol. The fourth-order valence-corrected chi connectivity index (χ4v) is 6.44. The summed E-state index contributed by atoms with van der Waals surface area (Å²) in [5.74, 6) is 1.34. The number of benzene rings is 3. The Morgan fingerprint density at radius 3 is 2.60 bits per heavy atom. The average Bonchev–Trinajstić information content (AvgIpc) is 3.53. The fraction of sp³-hybridized carbons (Fsp3) is 0.486. The Hall–Kier alpha value is -3.10. The quantitative estimate of drug-likeness (QED) is 0.293. The molecule has 3 atom stereocenters. The van der Waals surface area contributed by atoms with E-state index in [-0.39, 0.29) is 12.2 Å². The fourth-order valence-electron chi connectivity index (χ4n) is 6.44. The molecule has 7 nitrogen and oxygen atoms in total. The first-order valence-electron chi connectivity index (χ1n) is 15.6. The topological polar surface area (TPSA) is 55.4 Å². The van der Waals surface area contributed by atoms with Gasteiger partial charge in [-0.1, -0.05) is 48.5 Å². The van der Waals surface area contributed by atoms with Gasteiger partial charge in [-0.15, -0.1) is 0 Å². The van der Waals surface area contributed by atoms with Gasteiger partial charge < -0.3 is 34.1 Å². The molecule has 7 heteroatoms. The summed E-state index contributed by atoms with van der Waals surface area (Å²) in [6.45, 7) is 8.51. The number of methoxy groups -OCH3 is 1. The van der Waals surface area contributed by atoms with E-state index in [9.17, 15) is 0 Å². The van der Waals surface area contributed by atoms with E-state index in [0.29, 0.717) is 19.1 Å². The van der Waals surface area contributed by atoms with Crippen LogP contribution in [0.2, 0.25) is 0 Å². The summed E-state index contributed by atoms with van der Waals surface area (Å²) in [7, 11) is 1.76. The zero-order valence-corrected chi connectivity index (χ0v) is 24.9. The zero-order chi connectivity index (χ0) is 28.6. The Morgan fingerprint density at radius 2 is 1.74 bits per heavy atom. The van der Waals surface area contributed by atoms with Gasteiger partial charge in [0, 0.05) is 51.5 Å². The third-order valence-electron chi connectivity index (χ3n) is 8.81. The van der Waals surface area contributed by atoms with Crippen LogP contribution in [0.1, 0.15) is 41.9 Å². The number of nitrogens with zero attached hydrogens (tertiary/aromatic N) is 2. The Bertz CT molecular complexity index is 1250. The lowest BCUT2D eigenvalue weighted by molar-refractivity contribution is 0.0106. The van der Waals surface area contributed by atoms with Crippen molar-refractivity contribution < 1.29 is 18.9 Å². The molecule has 3 aliphatic heterocycles. The largest absolute Gasteiger partial charge is 0.490 e. The molecule has 224 valence electrons. The number of fused-ring (bicyclic) bond motifs is 1. The first kappa shape index (κ1) is 29.0. The van der Waals surface area contributed by atoms with Crippen LogP contribution >= 0.6 is 0 Å². The Labute approximate surface area is 250 Å². The van der Waals surface area contributed by atoms with Crippen LogP contribution in [0.25, 0.3) is 0 Å². The summed E-state index contributed by atoms with van der Waals surface area (Å²) in [5, 5.41) is 3.55. The molecule has 6 rings (SSSR count). The first-order valence-corrected chi connectivity index (χ1v) is 15.6. The van der Waals surface area contributed by atoms with Gasteiger partial charge in [0.15, 0.2) is 0 Å². The molecule has 0 aliphatic carbocycles. The maximum Gasteiger partial charge on any atom is 0.142 e. The van der Waals surface area contributed by atoms with E-state index in [1.165, 1.54) is 28.1 Å². The lowest BCUT2D eigenvalue weighted by Crippen LogP contribution is -2.41. The van der Waals surface area contributed by atoms with Crippen molar-refractivity contribution in [2.24, 2.45) is 0 Å². The van der Waals surface area contributed by atoms with Crippen molar-refractivity contribution in [2.45, 2.75) is 50.6 Å². The molecule has 0 bridgehead atoms.